The smallest absolute Gasteiger partial charge is 0.00187 e. The lowest BCUT2D eigenvalue weighted by Crippen LogP contribution is -2.26. The van der Waals surface area contributed by atoms with E-state index in [1.54, 1.807) is 0 Å². The molecule has 2 N–H and O–H groups in total. The van der Waals surface area contributed by atoms with Gasteiger partial charge in [0.15, 0.2) is 0 Å². The highest BCUT2D eigenvalue weighted by atomic mass is 15.1. The Kier molecular flexibility index (Phi) is 21.9. The van der Waals surface area contributed by atoms with E-state index in [0.29, 0.717) is 0 Å². The molecule has 25 heavy (non-hydrogen) atoms. The second-order valence-corrected chi connectivity index (χ2v) is 7.93. The maximum atomic E-state index is 5.51. The fraction of sp³-hybridized carbons (Fsp3) is 1.00. The second kappa shape index (κ2) is 22.0. The Hall–Kier alpha value is -0.0800. The van der Waals surface area contributed by atoms with Crippen LogP contribution < -0.4 is 5.73 Å². The zero-order valence-corrected chi connectivity index (χ0v) is 17.9. The van der Waals surface area contributed by atoms with Crippen LogP contribution >= 0.6 is 0 Å². The van der Waals surface area contributed by atoms with Crippen molar-refractivity contribution in [3.8, 4) is 0 Å². The zero-order valence-electron chi connectivity index (χ0n) is 17.9. The van der Waals surface area contributed by atoms with Gasteiger partial charge in [-0.15, -0.1) is 0 Å². The maximum absolute atomic E-state index is 5.51. The Morgan fingerprint density at radius 1 is 0.440 bits per heavy atom. The van der Waals surface area contributed by atoms with Crippen LogP contribution in [-0.2, 0) is 0 Å². The van der Waals surface area contributed by atoms with Crippen molar-refractivity contribution in [1.82, 2.24) is 4.90 Å². The van der Waals surface area contributed by atoms with E-state index in [4.69, 9.17) is 5.73 Å². The molecule has 0 aliphatic carbocycles. The lowest BCUT2D eigenvalue weighted by molar-refractivity contribution is 0.267. The monoisotopic (exact) mass is 354 g/mol. The predicted octanol–water partition coefficient (Wildman–Crippen LogP) is 6.92. The minimum atomic E-state index is 0.871. The highest BCUT2D eigenvalue weighted by Crippen LogP contribution is 2.13. The molecule has 0 fully saturated rings. The SMILES string of the molecule is CCCN(CCC)CCCCCCCCCCCCCCCCCN. The van der Waals surface area contributed by atoms with E-state index in [2.05, 4.69) is 18.7 Å². The van der Waals surface area contributed by atoms with Gasteiger partial charge in [0, 0.05) is 0 Å². The summed E-state index contributed by atoms with van der Waals surface area (Å²) in [4.78, 5) is 2.65. The number of hydrogen-bond donors (Lipinski definition) is 1. The largest absolute Gasteiger partial charge is 0.330 e. The molecule has 0 unspecified atom stereocenters. The number of hydrogen-bond acceptors (Lipinski definition) is 2. The van der Waals surface area contributed by atoms with E-state index < -0.39 is 0 Å². The molecular weight excluding hydrogens is 304 g/mol. The lowest BCUT2D eigenvalue weighted by atomic mass is 10.0. The molecule has 0 bridgehead atoms. The highest BCUT2D eigenvalue weighted by Gasteiger charge is 2.01. The Balaban J connectivity index is 3.13. The Labute approximate surface area is 160 Å². The standard InChI is InChI=1S/C23H50N2/c1-3-21-25(22-4-2)23-19-17-15-13-11-9-7-5-6-8-10-12-14-16-18-20-24/h3-24H2,1-2H3. The van der Waals surface area contributed by atoms with E-state index in [-0.39, 0.29) is 0 Å². The molecule has 0 heterocycles. The van der Waals surface area contributed by atoms with Crippen LogP contribution in [0.2, 0.25) is 0 Å². The number of nitrogens with two attached hydrogens (primary N) is 1. The molecule has 2 nitrogen and oxygen atoms in total. The molecule has 0 aliphatic heterocycles. The van der Waals surface area contributed by atoms with Crippen LogP contribution in [0.4, 0.5) is 0 Å². The first-order valence-electron chi connectivity index (χ1n) is 11.8. The van der Waals surface area contributed by atoms with E-state index in [1.807, 2.05) is 0 Å². The zero-order chi connectivity index (χ0) is 18.4. The fourth-order valence-corrected chi connectivity index (χ4v) is 3.75. The fourth-order valence-electron chi connectivity index (χ4n) is 3.75. The molecule has 0 saturated carbocycles. The van der Waals surface area contributed by atoms with Gasteiger partial charge in [-0.3, -0.25) is 0 Å². The summed E-state index contributed by atoms with van der Waals surface area (Å²) < 4.78 is 0. The molecule has 0 atom stereocenters. The van der Waals surface area contributed by atoms with Gasteiger partial charge in [0.05, 0.1) is 0 Å². The molecule has 0 aromatic carbocycles. The first-order valence-corrected chi connectivity index (χ1v) is 11.8. The van der Waals surface area contributed by atoms with Crippen LogP contribution in [0.15, 0.2) is 0 Å². The van der Waals surface area contributed by atoms with Gasteiger partial charge in [0.2, 0.25) is 0 Å². The summed E-state index contributed by atoms with van der Waals surface area (Å²) in [6.45, 7) is 9.38. The predicted molar refractivity (Wildman–Crippen MR) is 115 cm³/mol. The van der Waals surface area contributed by atoms with E-state index in [1.165, 1.54) is 129 Å². The number of unbranched alkanes of at least 4 members (excludes halogenated alkanes) is 14. The molecule has 0 spiro atoms. The lowest BCUT2D eigenvalue weighted by Gasteiger charge is -2.20. The van der Waals surface area contributed by atoms with Gasteiger partial charge in [-0.2, -0.15) is 0 Å². The third kappa shape index (κ3) is 20.1. The average molecular weight is 355 g/mol. The van der Waals surface area contributed by atoms with Crippen molar-refractivity contribution in [2.45, 2.75) is 123 Å². The first kappa shape index (κ1) is 24.9. The summed E-state index contributed by atoms with van der Waals surface area (Å²) in [6.07, 6.45) is 24.0. The summed E-state index contributed by atoms with van der Waals surface area (Å²) in [5.74, 6) is 0. The van der Waals surface area contributed by atoms with Crippen LogP contribution in [-0.4, -0.2) is 31.1 Å². The first-order chi connectivity index (χ1) is 12.3. The minimum Gasteiger partial charge on any atom is -0.330 e. The third-order valence-corrected chi connectivity index (χ3v) is 5.26. The molecule has 152 valence electrons. The van der Waals surface area contributed by atoms with Gasteiger partial charge in [-0.1, -0.05) is 97.3 Å². The highest BCUT2D eigenvalue weighted by molar-refractivity contribution is 4.57. The third-order valence-electron chi connectivity index (χ3n) is 5.26. The van der Waals surface area contributed by atoms with Crippen LogP contribution in [0.5, 0.6) is 0 Å². The summed E-state index contributed by atoms with van der Waals surface area (Å²) >= 11 is 0. The second-order valence-electron chi connectivity index (χ2n) is 7.93. The molecule has 0 saturated heterocycles. The van der Waals surface area contributed by atoms with Crippen molar-refractivity contribution in [2.75, 3.05) is 26.2 Å². The summed E-state index contributed by atoms with van der Waals surface area (Å²) in [6, 6.07) is 0. The van der Waals surface area contributed by atoms with Crippen molar-refractivity contribution in [3.05, 3.63) is 0 Å². The van der Waals surface area contributed by atoms with Gasteiger partial charge in [-0.05, 0) is 51.9 Å². The van der Waals surface area contributed by atoms with Crippen molar-refractivity contribution in [2.24, 2.45) is 5.73 Å². The Morgan fingerprint density at radius 2 is 0.760 bits per heavy atom. The quantitative estimate of drug-likeness (QED) is 0.227. The van der Waals surface area contributed by atoms with E-state index in [0.717, 1.165) is 6.54 Å². The molecular formula is C23H50N2. The van der Waals surface area contributed by atoms with Gasteiger partial charge < -0.3 is 10.6 Å². The van der Waals surface area contributed by atoms with E-state index >= 15 is 0 Å². The molecule has 0 aromatic heterocycles. The summed E-state index contributed by atoms with van der Waals surface area (Å²) in [5, 5.41) is 0. The van der Waals surface area contributed by atoms with Gasteiger partial charge in [-0.25, -0.2) is 0 Å². The molecule has 0 amide bonds. The van der Waals surface area contributed by atoms with Crippen LogP contribution in [0.25, 0.3) is 0 Å². The van der Waals surface area contributed by atoms with E-state index in [9.17, 15) is 0 Å². The normalized spacial score (nSPS) is 11.5. The molecule has 0 rings (SSSR count). The van der Waals surface area contributed by atoms with Crippen LogP contribution in [0, 0.1) is 0 Å². The molecule has 0 aliphatic rings. The topological polar surface area (TPSA) is 29.3 Å². The molecule has 0 radical (unpaired) electrons. The maximum Gasteiger partial charge on any atom is -0.00187 e. The molecule has 2 heteroatoms. The summed E-state index contributed by atoms with van der Waals surface area (Å²) in [7, 11) is 0. The number of nitrogens with zero attached hydrogens (tertiary/aromatic N) is 1. The minimum absolute atomic E-state index is 0.871. The van der Waals surface area contributed by atoms with Crippen molar-refractivity contribution >= 4 is 0 Å². The van der Waals surface area contributed by atoms with Gasteiger partial charge in [0.25, 0.3) is 0 Å². The van der Waals surface area contributed by atoms with Crippen LogP contribution in [0.3, 0.4) is 0 Å². The number of rotatable bonds is 21. The van der Waals surface area contributed by atoms with Crippen molar-refractivity contribution < 1.29 is 0 Å². The Morgan fingerprint density at radius 3 is 1.08 bits per heavy atom. The Bertz CT molecular complexity index is 224. The molecule has 0 aromatic rings. The summed E-state index contributed by atoms with van der Waals surface area (Å²) in [5.41, 5.74) is 5.51. The average Bonchev–Trinajstić information content (AvgIpc) is 2.61. The van der Waals surface area contributed by atoms with Crippen LogP contribution in [0.1, 0.15) is 123 Å². The van der Waals surface area contributed by atoms with Gasteiger partial charge >= 0.3 is 0 Å². The van der Waals surface area contributed by atoms with Crippen molar-refractivity contribution in [3.63, 3.8) is 0 Å². The van der Waals surface area contributed by atoms with Crippen molar-refractivity contribution in [1.29, 1.82) is 0 Å². The van der Waals surface area contributed by atoms with Gasteiger partial charge in [0.1, 0.15) is 0 Å².